The lowest BCUT2D eigenvalue weighted by molar-refractivity contribution is -0.385. The third-order valence-electron chi connectivity index (χ3n) is 2.61. The lowest BCUT2D eigenvalue weighted by atomic mass is 10.0. The highest BCUT2D eigenvalue weighted by Gasteiger charge is 2.23. The first-order valence-corrected chi connectivity index (χ1v) is 5.87. The summed E-state index contributed by atoms with van der Waals surface area (Å²) in [5, 5.41) is 20.6. The molecular weight excluding hydrogens is 268 g/mol. The number of nitro groups is 1. The number of rotatable bonds is 6. The van der Waals surface area contributed by atoms with Gasteiger partial charge in [0.1, 0.15) is 6.04 Å². The molecule has 0 saturated heterocycles. The molecular formula is C12H16N2O6. The van der Waals surface area contributed by atoms with E-state index in [1.807, 2.05) is 0 Å². The Bertz CT molecular complexity index is 517. The maximum atomic E-state index is 11.4. The van der Waals surface area contributed by atoms with Gasteiger partial charge in [-0.05, 0) is 13.0 Å². The van der Waals surface area contributed by atoms with Gasteiger partial charge >= 0.3 is 5.97 Å². The van der Waals surface area contributed by atoms with Crippen molar-refractivity contribution in [2.24, 2.45) is 5.73 Å². The Labute approximate surface area is 115 Å². The van der Waals surface area contributed by atoms with Crippen LogP contribution in [0.4, 0.5) is 5.69 Å². The summed E-state index contributed by atoms with van der Waals surface area (Å²) in [5.74, 6) is -0.938. The minimum absolute atomic E-state index is 0.0230. The van der Waals surface area contributed by atoms with Crippen LogP contribution in [0.2, 0.25) is 0 Å². The number of phenolic OH excluding ortho intramolecular Hbond substituents is 1. The predicted molar refractivity (Wildman–Crippen MR) is 69.6 cm³/mol. The summed E-state index contributed by atoms with van der Waals surface area (Å²) < 4.78 is 9.53. The number of nitro benzene ring substituents is 1. The van der Waals surface area contributed by atoms with Gasteiger partial charge in [-0.2, -0.15) is 0 Å². The van der Waals surface area contributed by atoms with Crippen molar-refractivity contribution in [3.05, 3.63) is 27.8 Å². The zero-order chi connectivity index (χ0) is 15.3. The molecule has 0 aliphatic carbocycles. The summed E-state index contributed by atoms with van der Waals surface area (Å²) in [5.41, 5.74) is 5.47. The van der Waals surface area contributed by atoms with E-state index in [1.165, 1.54) is 7.11 Å². The SMILES string of the molecule is CCOC(=O)C(N)Cc1cc(O)c(OC)cc1[N+](=O)[O-]. The van der Waals surface area contributed by atoms with Crippen LogP contribution in [0.15, 0.2) is 12.1 Å². The smallest absolute Gasteiger partial charge is 0.323 e. The average molecular weight is 284 g/mol. The van der Waals surface area contributed by atoms with E-state index in [4.69, 9.17) is 15.2 Å². The van der Waals surface area contributed by atoms with Crippen LogP contribution in [0, 0.1) is 10.1 Å². The van der Waals surface area contributed by atoms with Crippen LogP contribution in [0.5, 0.6) is 11.5 Å². The molecule has 1 unspecified atom stereocenters. The maximum Gasteiger partial charge on any atom is 0.323 e. The lowest BCUT2D eigenvalue weighted by Crippen LogP contribution is -2.34. The minimum atomic E-state index is -1.04. The van der Waals surface area contributed by atoms with E-state index < -0.39 is 16.9 Å². The van der Waals surface area contributed by atoms with Gasteiger partial charge in [0, 0.05) is 12.0 Å². The van der Waals surface area contributed by atoms with E-state index in [-0.39, 0.29) is 35.8 Å². The second-order valence-electron chi connectivity index (χ2n) is 3.97. The van der Waals surface area contributed by atoms with Gasteiger partial charge < -0.3 is 20.3 Å². The van der Waals surface area contributed by atoms with E-state index in [1.54, 1.807) is 6.92 Å². The summed E-state index contributed by atoms with van der Waals surface area (Å²) in [6.45, 7) is 1.80. The van der Waals surface area contributed by atoms with Crippen LogP contribution in [-0.2, 0) is 16.0 Å². The fraction of sp³-hybridized carbons (Fsp3) is 0.417. The number of aromatic hydroxyl groups is 1. The number of methoxy groups -OCH3 is 1. The van der Waals surface area contributed by atoms with Crippen molar-refractivity contribution >= 4 is 11.7 Å². The van der Waals surface area contributed by atoms with E-state index in [0.29, 0.717) is 0 Å². The molecule has 110 valence electrons. The molecule has 0 fully saturated rings. The average Bonchev–Trinajstić information content (AvgIpc) is 2.38. The molecule has 0 aromatic heterocycles. The van der Waals surface area contributed by atoms with Gasteiger partial charge in [-0.15, -0.1) is 0 Å². The molecule has 1 atom stereocenters. The zero-order valence-corrected chi connectivity index (χ0v) is 11.2. The topological polar surface area (TPSA) is 125 Å². The van der Waals surface area contributed by atoms with E-state index in [9.17, 15) is 20.0 Å². The third kappa shape index (κ3) is 3.58. The fourth-order valence-corrected chi connectivity index (χ4v) is 1.67. The van der Waals surface area contributed by atoms with Gasteiger partial charge in [-0.1, -0.05) is 0 Å². The van der Waals surface area contributed by atoms with Crippen LogP contribution in [0.3, 0.4) is 0 Å². The number of nitrogens with zero attached hydrogens (tertiary/aromatic N) is 1. The monoisotopic (exact) mass is 284 g/mol. The lowest BCUT2D eigenvalue weighted by Gasteiger charge is -2.12. The van der Waals surface area contributed by atoms with Crippen LogP contribution in [0.1, 0.15) is 12.5 Å². The molecule has 0 amide bonds. The molecule has 0 aliphatic heterocycles. The highest BCUT2D eigenvalue weighted by atomic mass is 16.6. The van der Waals surface area contributed by atoms with Crippen molar-refractivity contribution in [2.75, 3.05) is 13.7 Å². The fourth-order valence-electron chi connectivity index (χ4n) is 1.67. The number of hydrogen-bond acceptors (Lipinski definition) is 7. The number of phenols is 1. The molecule has 0 spiro atoms. The quantitative estimate of drug-likeness (QED) is 0.448. The van der Waals surface area contributed by atoms with Gasteiger partial charge in [0.2, 0.25) is 0 Å². The normalized spacial score (nSPS) is 11.8. The van der Waals surface area contributed by atoms with Crippen molar-refractivity contribution in [3.8, 4) is 11.5 Å². The number of benzene rings is 1. The zero-order valence-electron chi connectivity index (χ0n) is 11.2. The molecule has 0 aliphatic rings. The maximum absolute atomic E-state index is 11.4. The number of esters is 1. The summed E-state index contributed by atoms with van der Waals surface area (Å²) in [4.78, 5) is 21.8. The molecule has 1 aromatic carbocycles. The van der Waals surface area contributed by atoms with Crippen molar-refractivity contribution < 1.29 is 24.3 Å². The van der Waals surface area contributed by atoms with E-state index in [2.05, 4.69) is 0 Å². The van der Waals surface area contributed by atoms with Crippen LogP contribution in [-0.4, -0.2) is 35.8 Å². The van der Waals surface area contributed by atoms with E-state index in [0.717, 1.165) is 12.1 Å². The molecule has 1 aromatic rings. The Morgan fingerprint density at radius 3 is 2.70 bits per heavy atom. The molecule has 20 heavy (non-hydrogen) atoms. The number of ether oxygens (including phenoxy) is 2. The summed E-state index contributed by atoms with van der Waals surface area (Å²) in [6, 6.07) is 1.21. The van der Waals surface area contributed by atoms with Crippen LogP contribution < -0.4 is 10.5 Å². The standard InChI is InChI=1S/C12H16N2O6/c1-3-20-12(16)8(13)4-7-5-10(15)11(19-2)6-9(7)14(17)18/h5-6,8,15H,3-4,13H2,1-2H3. The Hall–Kier alpha value is -2.35. The molecule has 8 heteroatoms. The van der Waals surface area contributed by atoms with Gasteiger partial charge in [0.05, 0.1) is 24.7 Å². The second kappa shape index (κ2) is 6.71. The molecule has 0 heterocycles. The summed E-state index contributed by atoms with van der Waals surface area (Å²) >= 11 is 0. The highest BCUT2D eigenvalue weighted by Crippen LogP contribution is 2.34. The van der Waals surface area contributed by atoms with E-state index >= 15 is 0 Å². The Kier molecular flexibility index (Phi) is 5.27. The van der Waals surface area contributed by atoms with Crippen molar-refractivity contribution in [2.45, 2.75) is 19.4 Å². The van der Waals surface area contributed by atoms with Crippen LogP contribution in [0.25, 0.3) is 0 Å². The first-order valence-electron chi connectivity index (χ1n) is 5.87. The molecule has 0 radical (unpaired) electrons. The first-order chi connectivity index (χ1) is 9.40. The Morgan fingerprint density at radius 1 is 1.55 bits per heavy atom. The second-order valence-corrected chi connectivity index (χ2v) is 3.97. The van der Waals surface area contributed by atoms with Gasteiger partial charge in [-0.3, -0.25) is 14.9 Å². The molecule has 0 bridgehead atoms. The highest BCUT2D eigenvalue weighted by molar-refractivity contribution is 5.76. The van der Waals surface area contributed by atoms with Gasteiger partial charge in [0.25, 0.3) is 5.69 Å². The van der Waals surface area contributed by atoms with Crippen molar-refractivity contribution in [3.63, 3.8) is 0 Å². The number of nitrogens with two attached hydrogens (primary N) is 1. The molecule has 0 saturated carbocycles. The van der Waals surface area contributed by atoms with Gasteiger partial charge in [-0.25, -0.2) is 0 Å². The number of carbonyl (C=O) groups excluding carboxylic acids is 1. The third-order valence-corrected chi connectivity index (χ3v) is 2.61. The van der Waals surface area contributed by atoms with Gasteiger partial charge in [0.15, 0.2) is 11.5 Å². The number of carbonyl (C=O) groups is 1. The molecule has 8 nitrogen and oxygen atoms in total. The molecule has 3 N–H and O–H groups in total. The van der Waals surface area contributed by atoms with Crippen molar-refractivity contribution in [1.82, 2.24) is 0 Å². The summed E-state index contributed by atoms with van der Waals surface area (Å²) in [7, 11) is 1.28. The number of hydrogen-bond donors (Lipinski definition) is 2. The van der Waals surface area contributed by atoms with Crippen molar-refractivity contribution in [1.29, 1.82) is 0 Å². The summed E-state index contributed by atoms with van der Waals surface area (Å²) in [6.07, 6.45) is -0.118. The largest absolute Gasteiger partial charge is 0.504 e. The Balaban J connectivity index is 3.07. The Morgan fingerprint density at radius 2 is 2.20 bits per heavy atom. The van der Waals surface area contributed by atoms with Crippen LogP contribution >= 0.6 is 0 Å². The minimum Gasteiger partial charge on any atom is -0.504 e. The molecule has 1 rings (SSSR count). The first kappa shape index (κ1) is 15.7. The predicted octanol–water partition coefficient (Wildman–Crippen LogP) is 0.742.